The molecule has 1 aliphatic carbocycles. The summed E-state index contributed by atoms with van der Waals surface area (Å²) in [6, 6.07) is 4.24. The molecule has 0 atom stereocenters. The fraction of sp³-hybridized carbons (Fsp3) is 0.421. The number of nitro groups is 1. The van der Waals surface area contributed by atoms with Crippen molar-refractivity contribution in [1.29, 1.82) is 0 Å². The number of nitrogens with one attached hydrogen (secondary N) is 2. The minimum atomic E-state index is -0.510. The second kappa shape index (κ2) is 7.79. The van der Waals surface area contributed by atoms with E-state index in [-0.39, 0.29) is 35.9 Å². The van der Waals surface area contributed by atoms with Gasteiger partial charge in [-0.3, -0.25) is 14.9 Å². The summed E-state index contributed by atoms with van der Waals surface area (Å²) in [7, 11) is 1.68. The van der Waals surface area contributed by atoms with Crippen LogP contribution >= 0.6 is 0 Å². The molecule has 1 aromatic heterocycles. The van der Waals surface area contributed by atoms with Crippen molar-refractivity contribution in [2.75, 3.05) is 29.1 Å². The Morgan fingerprint density at radius 1 is 1.29 bits per heavy atom. The average molecular weight is 384 g/mol. The molecule has 0 saturated heterocycles. The molecule has 0 bridgehead atoms. The predicted octanol–water partition coefficient (Wildman–Crippen LogP) is 2.96. The van der Waals surface area contributed by atoms with Crippen LogP contribution in [-0.2, 0) is 4.79 Å². The van der Waals surface area contributed by atoms with Crippen LogP contribution in [0.1, 0.15) is 29.5 Å². The van der Waals surface area contributed by atoms with E-state index in [0.29, 0.717) is 0 Å². The van der Waals surface area contributed by atoms with Gasteiger partial charge < -0.3 is 15.5 Å². The molecule has 9 nitrogen and oxygen atoms in total. The van der Waals surface area contributed by atoms with Gasteiger partial charge in [-0.15, -0.1) is 0 Å². The van der Waals surface area contributed by atoms with E-state index in [2.05, 4.69) is 20.6 Å². The number of likely N-dealkylation sites (N-methyl/N-ethyl adjacent to an activating group) is 1. The van der Waals surface area contributed by atoms with Gasteiger partial charge >= 0.3 is 5.69 Å². The van der Waals surface area contributed by atoms with E-state index in [0.717, 1.165) is 35.2 Å². The normalized spacial score (nSPS) is 13.1. The Kier molecular flexibility index (Phi) is 5.43. The Hall–Kier alpha value is -3.23. The highest BCUT2D eigenvalue weighted by molar-refractivity contribution is 5.95. The first kappa shape index (κ1) is 19.5. The van der Waals surface area contributed by atoms with Crippen molar-refractivity contribution >= 4 is 29.0 Å². The standard InChI is InChI=1S/C19H24N6O3/c1-11-7-12(2)17(13(3)8-11)22-16(26)10-24(4)19-20-9-15(25(27)28)18(23-19)21-14-5-6-14/h7-9,14H,5-6,10H2,1-4H3,(H,22,26)(H,20,21,23). The van der Waals surface area contributed by atoms with Crippen molar-refractivity contribution < 1.29 is 9.72 Å². The van der Waals surface area contributed by atoms with E-state index in [4.69, 9.17) is 0 Å². The Morgan fingerprint density at radius 3 is 2.50 bits per heavy atom. The van der Waals surface area contributed by atoms with E-state index >= 15 is 0 Å². The third-order valence-corrected chi connectivity index (χ3v) is 4.54. The fourth-order valence-corrected chi connectivity index (χ4v) is 3.05. The van der Waals surface area contributed by atoms with Crippen molar-refractivity contribution in [2.45, 2.75) is 39.7 Å². The second-order valence-electron chi connectivity index (χ2n) is 7.26. The van der Waals surface area contributed by atoms with Crippen LogP contribution in [0.3, 0.4) is 0 Å². The SMILES string of the molecule is Cc1cc(C)c(NC(=O)CN(C)c2ncc([N+](=O)[O-])c(NC3CC3)n2)c(C)c1. The monoisotopic (exact) mass is 384 g/mol. The molecule has 0 aliphatic heterocycles. The van der Waals surface area contributed by atoms with Gasteiger partial charge in [0.2, 0.25) is 17.7 Å². The molecule has 28 heavy (non-hydrogen) atoms. The first-order chi connectivity index (χ1) is 13.2. The third-order valence-electron chi connectivity index (χ3n) is 4.54. The van der Waals surface area contributed by atoms with Crippen LogP contribution in [0.25, 0.3) is 0 Å². The highest BCUT2D eigenvalue weighted by Crippen LogP contribution is 2.30. The lowest BCUT2D eigenvalue weighted by Crippen LogP contribution is -2.31. The van der Waals surface area contributed by atoms with Gasteiger partial charge in [-0.2, -0.15) is 4.98 Å². The summed E-state index contributed by atoms with van der Waals surface area (Å²) in [5.74, 6) is 0.229. The maximum Gasteiger partial charge on any atom is 0.329 e. The lowest BCUT2D eigenvalue weighted by Gasteiger charge is -2.19. The third kappa shape index (κ3) is 4.54. The largest absolute Gasteiger partial charge is 0.361 e. The average Bonchev–Trinajstić information content (AvgIpc) is 3.41. The maximum absolute atomic E-state index is 12.5. The van der Waals surface area contributed by atoms with Crippen LogP contribution in [0.4, 0.5) is 23.1 Å². The van der Waals surface area contributed by atoms with Crippen LogP contribution < -0.4 is 15.5 Å². The minimum Gasteiger partial charge on any atom is -0.361 e. The number of anilines is 3. The first-order valence-corrected chi connectivity index (χ1v) is 9.11. The smallest absolute Gasteiger partial charge is 0.329 e. The van der Waals surface area contributed by atoms with Gasteiger partial charge in [0.15, 0.2) is 0 Å². The summed E-state index contributed by atoms with van der Waals surface area (Å²) in [6.07, 6.45) is 3.10. The van der Waals surface area contributed by atoms with E-state index in [1.807, 2.05) is 32.9 Å². The molecule has 1 aromatic carbocycles. The van der Waals surface area contributed by atoms with Gasteiger partial charge in [0, 0.05) is 18.8 Å². The van der Waals surface area contributed by atoms with Crippen LogP contribution in [0, 0.1) is 30.9 Å². The molecule has 2 aromatic rings. The molecule has 1 amide bonds. The summed E-state index contributed by atoms with van der Waals surface area (Å²) in [5, 5.41) is 17.2. The summed E-state index contributed by atoms with van der Waals surface area (Å²) in [4.78, 5) is 33.0. The number of aromatic nitrogens is 2. The Balaban J connectivity index is 1.72. The first-order valence-electron chi connectivity index (χ1n) is 9.11. The molecule has 0 radical (unpaired) electrons. The lowest BCUT2D eigenvalue weighted by atomic mass is 10.1. The molecule has 0 spiro atoms. The topological polar surface area (TPSA) is 113 Å². The van der Waals surface area contributed by atoms with Crippen molar-refractivity contribution in [3.05, 3.63) is 45.1 Å². The molecule has 1 fully saturated rings. The van der Waals surface area contributed by atoms with Gasteiger partial charge in [-0.1, -0.05) is 17.7 Å². The number of hydrogen-bond acceptors (Lipinski definition) is 7. The van der Waals surface area contributed by atoms with E-state index < -0.39 is 4.92 Å². The summed E-state index contributed by atoms with van der Waals surface area (Å²) < 4.78 is 0. The van der Waals surface area contributed by atoms with Crippen molar-refractivity contribution in [2.24, 2.45) is 0 Å². The van der Waals surface area contributed by atoms with Gasteiger partial charge in [0.1, 0.15) is 6.20 Å². The number of carbonyl (C=O) groups is 1. The molecule has 3 rings (SSSR count). The van der Waals surface area contributed by atoms with E-state index in [9.17, 15) is 14.9 Å². The van der Waals surface area contributed by atoms with Crippen LogP contribution in [-0.4, -0.2) is 40.4 Å². The number of hydrogen-bond donors (Lipinski definition) is 2. The Morgan fingerprint density at radius 2 is 1.93 bits per heavy atom. The molecular formula is C19H24N6O3. The highest BCUT2D eigenvalue weighted by atomic mass is 16.6. The van der Waals surface area contributed by atoms with Gasteiger partial charge in [-0.05, 0) is 44.7 Å². The fourth-order valence-electron chi connectivity index (χ4n) is 3.05. The van der Waals surface area contributed by atoms with Gasteiger partial charge in [0.25, 0.3) is 0 Å². The molecule has 1 aliphatic rings. The number of carbonyl (C=O) groups excluding carboxylic acids is 1. The van der Waals surface area contributed by atoms with Gasteiger partial charge in [0.05, 0.1) is 11.5 Å². The zero-order valence-corrected chi connectivity index (χ0v) is 16.4. The summed E-state index contributed by atoms with van der Waals surface area (Å²) >= 11 is 0. The second-order valence-corrected chi connectivity index (χ2v) is 7.26. The zero-order valence-electron chi connectivity index (χ0n) is 16.4. The number of amides is 1. The summed E-state index contributed by atoms with van der Waals surface area (Å²) in [6.45, 7) is 5.94. The van der Waals surface area contributed by atoms with Crippen molar-refractivity contribution in [1.82, 2.24) is 9.97 Å². The molecular weight excluding hydrogens is 360 g/mol. The lowest BCUT2D eigenvalue weighted by molar-refractivity contribution is -0.384. The molecule has 1 heterocycles. The molecule has 2 N–H and O–H groups in total. The molecule has 1 saturated carbocycles. The molecule has 9 heteroatoms. The quantitative estimate of drug-likeness (QED) is 0.557. The minimum absolute atomic E-state index is 0.0213. The zero-order chi connectivity index (χ0) is 20.4. The highest BCUT2D eigenvalue weighted by Gasteiger charge is 2.27. The maximum atomic E-state index is 12.5. The number of aryl methyl sites for hydroxylation is 3. The number of rotatable bonds is 7. The predicted molar refractivity (Wildman–Crippen MR) is 108 cm³/mol. The van der Waals surface area contributed by atoms with E-state index in [1.54, 1.807) is 11.9 Å². The Bertz CT molecular complexity index is 903. The number of nitrogens with zero attached hydrogens (tertiary/aromatic N) is 4. The summed E-state index contributed by atoms with van der Waals surface area (Å²) in [5.41, 5.74) is 3.76. The Labute approximate surface area is 163 Å². The molecule has 148 valence electrons. The van der Waals surface area contributed by atoms with Crippen LogP contribution in [0.15, 0.2) is 18.3 Å². The number of benzene rings is 1. The van der Waals surface area contributed by atoms with Crippen molar-refractivity contribution in [3.8, 4) is 0 Å². The van der Waals surface area contributed by atoms with Gasteiger partial charge in [-0.25, -0.2) is 4.98 Å². The van der Waals surface area contributed by atoms with Crippen LogP contribution in [0.5, 0.6) is 0 Å². The van der Waals surface area contributed by atoms with E-state index in [1.165, 1.54) is 6.20 Å². The van der Waals surface area contributed by atoms with Crippen molar-refractivity contribution in [3.63, 3.8) is 0 Å². The van der Waals surface area contributed by atoms with Crippen LogP contribution in [0.2, 0.25) is 0 Å². The molecule has 0 unspecified atom stereocenters.